The zero-order valence-corrected chi connectivity index (χ0v) is 51.5. The molecule has 2 rings (SSSR count). The lowest BCUT2D eigenvalue weighted by Gasteiger charge is -2.27. The number of hydrogen-bond donors (Lipinski definition) is 24. The highest BCUT2D eigenvalue weighted by Crippen LogP contribution is 2.20. The number of aromatic nitrogens is 1. The van der Waals surface area contributed by atoms with E-state index in [0.29, 0.717) is 16.5 Å². The van der Waals surface area contributed by atoms with Crippen molar-refractivity contribution in [1.82, 2.24) is 58.2 Å². The van der Waals surface area contributed by atoms with Gasteiger partial charge in [-0.05, 0) is 69.9 Å². The van der Waals surface area contributed by atoms with Gasteiger partial charge in [0.2, 0.25) is 65.0 Å². The number of amides is 11. The molecule has 0 aliphatic heterocycles. The zero-order chi connectivity index (χ0) is 69.0. The first-order chi connectivity index (χ1) is 43.5. The highest BCUT2D eigenvalue weighted by atomic mass is 32.1. The molecule has 0 saturated carbocycles. The normalized spacial score (nSPS) is 13.7. The molecule has 510 valence electrons. The van der Waals surface area contributed by atoms with Crippen LogP contribution in [-0.2, 0) is 64.0 Å². The molecule has 0 saturated heterocycles. The standard InChI is InChI=1S/C52H87N25O14S/c1-25(53)41(84)69-21-37(79)68-22-38(80)70-35(23-78)47(90)76-34(19-39(81)82)46(89)73-30(11-5-15-64-50(57)58)42(85)72-32(13-7-17-66-52(61)62)44(87)77-36(24-92)48(91)74-31(12-6-16-65-51(59)60)43(86)75-33(18-26-20-67-28-9-3-2-8-27(26)28)45(88)71-29(40(54)83)10-4-14-63-49(55)56/h2-3,8-9,20,25,29-36,67,78,92H,4-7,10-19,21-24,53H2,1H3,(H2,54,83)(H,68,79)(H,69,84)(H,70,80)(H,71,88)(H,72,85)(H,73,89)(H,74,91)(H,75,86)(H,76,90)(H,77,87)(H,81,82)(H4,55,56,63)(H4,57,58,64)(H4,59,60,65)(H4,61,62,66)/t25-,29-,30-,31-,32-,33-,34-,35-,36-/m0/s1. The van der Waals surface area contributed by atoms with E-state index in [1.54, 1.807) is 30.5 Å². The van der Waals surface area contributed by atoms with Crippen molar-refractivity contribution < 1.29 is 67.7 Å². The molecule has 39 nitrogen and oxygen atoms in total. The van der Waals surface area contributed by atoms with Gasteiger partial charge in [-0.2, -0.15) is 12.6 Å². The van der Waals surface area contributed by atoms with Crippen molar-refractivity contribution in [3.05, 3.63) is 36.0 Å². The van der Waals surface area contributed by atoms with Crippen molar-refractivity contribution in [2.75, 3.05) is 51.6 Å². The largest absolute Gasteiger partial charge is 0.481 e. The van der Waals surface area contributed by atoms with Gasteiger partial charge in [0, 0.05) is 55.5 Å². The number of aliphatic carboxylic acids is 1. The van der Waals surface area contributed by atoms with Crippen LogP contribution in [0.15, 0.2) is 50.4 Å². The summed E-state index contributed by atoms with van der Waals surface area (Å²) in [5.41, 5.74) is 56.3. The van der Waals surface area contributed by atoms with Crippen molar-refractivity contribution in [3.8, 4) is 0 Å². The number of carbonyl (C=O) groups is 12. The minimum atomic E-state index is -2.01. The van der Waals surface area contributed by atoms with Gasteiger partial charge in [-0.3, -0.25) is 77.5 Å². The van der Waals surface area contributed by atoms with Crippen LogP contribution in [0.25, 0.3) is 10.9 Å². The predicted octanol–water partition coefficient (Wildman–Crippen LogP) is -10.7. The number of thiol groups is 1. The highest BCUT2D eigenvalue weighted by Gasteiger charge is 2.35. The zero-order valence-electron chi connectivity index (χ0n) is 50.6. The van der Waals surface area contributed by atoms with Crippen molar-refractivity contribution in [2.45, 2.75) is 126 Å². The van der Waals surface area contributed by atoms with Crippen LogP contribution in [0.4, 0.5) is 0 Å². The first-order valence-corrected chi connectivity index (χ1v) is 29.3. The summed E-state index contributed by atoms with van der Waals surface area (Å²) in [7, 11) is 0. The minimum Gasteiger partial charge on any atom is -0.481 e. The number of benzene rings is 1. The number of carboxylic acids is 1. The number of aliphatic hydroxyl groups excluding tert-OH is 1. The average molecular weight is 1320 g/mol. The van der Waals surface area contributed by atoms with E-state index in [4.69, 9.17) is 57.3 Å². The second kappa shape index (κ2) is 41.1. The van der Waals surface area contributed by atoms with Crippen LogP contribution in [-0.4, -0.2) is 216 Å². The van der Waals surface area contributed by atoms with Gasteiger partial charge < -0.3 is 126 Å². The number of rotatable bonds is 43. The van der Waals surface area contributed by atoms with Crippen molar-refractivity contribution in [3.63, 3.8) is 0 Å². The Bertz CT molecular complexity index is 2980. The average Bonchev–Trinajstić information content (AvgIpc) is 1.63. The topological polar surface area (TPSA) is 691 Å². The monoisotopic (exact) mass is 1320 g/mol. The van der Waals surface area contributed by atoms with Gasteiger partial charge in [-0.15, -0.1) is 0 Å². The molecule has 1 aromatic carbocycles. The fraction of sp³-hybridized carbons (Fsp3) is 0.538. The number of carbonyl (C=O) groups excluding carboxylic acids is 11. The van der Waals surface area contributed by atoms with Gasteiger partial charge in [-0.1, -0.05) is 18.2 Å². The van der Waals surface area contributed by atoms with Gasteiger partial charge >= 0.3 is 5.97 Å². The number of primary amides is 1. The van der Waals surface area contributed by atoms with Crippen molar-refractivity contribution in [2.24, 2.45) is 77.3 Å². The summed E-state index contributed by atoms with van der Waals surface area (Å²) in [5.74, 6) is -14.1. The highest BCUT2D eigenvalue weighted by molar-refractivity contribution is 7.80. The predicted molar refractivity (Wildman–Crippen MR) is 339 cm³/mol. The molecule has 0 bridgehead atoms. The maximum absolute atomic E-state index is 14.5. The van der Waals surface area contributed by atoms with Crippen LogP contribution in [0.3, 0.4) is 0 Å². The number of aliphatic imine (C=N–C) groups is 4. The fourth-order valence-electron chi connectivity index (χ4n) is 8.33. The Hall–Kier alpha value is -10.3. The molecular formula is C52H87N25O14S. The lowest BCUT2D eigenvalue weighted by molar-refractivity contribution is -0.141. The maximum atomic E-state index is 14.5. The van der Waals surface area contributed by atoms with E-state index in [1.165, 1.54) is 6.92 Å². The SMILES string of the molecule is C[C@H](N)C(=O)NCC(=O)NCC(=O)N[C@@H](CO)C(=O)N[C@@H](CC(=O)O)C(=O)N[C@@H](CCCN=C(N)N)C(=O)N[C@@H](CCCN=C(N)N)C(=O)N[C@@H](CS)C(=O)N[C@@H](CCCN=C(N)N)C(=O)N[C@@H](Cc1c[nH]c2ccccc12)C(=O)N[C@@H](CCCN=C(N)N)C(N)=O. The van der Waals surface area contributed by atoms with E-state index in [1.807, 2.05) is 0 Å². The number of fused-ring (bicyclic) bond motifs is 1. The van der Waals surface area contributed by atoms with Crippen molar-refractivity contribution in [1.29, 1.82) is 0 Å². The molecule has 33 N–H and O–H groups in total. The molecule has 40 heteroatoms. The minimum absolute atomic E-state index is 0.00694. The molecular weight excluding hydrogens is 1230 g/mol. The van der Waals surface area contributed by atoms with Gasteiger partial charge in [-0.25, -0.2) is 0 Å². The van der Waals surface area contributed by atoms with Crippen LogP contribution in [0.2, 0.25) is 0 Å². The molecule has 0 aliphatic carbocycles. The summed E-state index contributed by atoms with van der Waals surface area (Å²) in [6.07, 6.45) is -0.158. The Morgan fingerprint density at radius 2 is 0.870 bits per heavy atom. The van der Waals surface area contributed by atoms with E-state index in [9.17, 15) is 67.7 Å². The number of guanidine groups is 4. The number of nitrogens with one attached hydrogen (secondary N) is 11. The number of hydrogen-bond acceptors (Lipinski definition) is 19. The van der Waals surface area contributed by atoms with Gasteiger partial charge in [0.25, 0.3) is 0 Å². The number of nitrogens with two attached hydrogens (primary N) is 10. The van der Waals surface area contributed by atoms with E-state index in [2.05, 4.69) is 90.8 Å². The molecule has 1 aromatic heterocycles. The van der Waals surface area contributed by atoms with Crippen LogP contribution in [0, 0.1) is 0 Å². The molecule has 2 aromatic rings. The fourth-order valence-corrected chi connectivity index (χ4v) is 8.59. The summed E-state index contributed by atoms with van der Waals surface area (Å²) in [6.45, 7) is -1.22. The van der Waals surface area contributed by atoms with Gasteiger partial charge in [0.1, 0.15) is 48.3 Å². The number of aliphatic hydroxyl groups is 1. The summed E-state index contributed by atoms with van der Waals surface area (Å²) in [6, 6.07) is -6.69. The summed E-state index contributed by atoms with van der Waals surface area (Å²) >= 11 is 4.30. The Kier molecular flexibility index (Phi) is 34.8. The summed E-state index contributed by atoms with van der Waals surface area (Å²) in [5, 5.41) is 44.2. The Balaban J connectivity index is 2.51. The molecule has 92 heavy (non-hydrogen) atoms. The third-order valence-corrected chi connectivity index (χ3v) is 13.4. The number of carboxylic acid groups (broad SMARTS) is 1. The second-order valence-electron chi connectivity index (χ2n) is 20.6. The molecule has 0 fully saturated rings. The lowest BCUT2D eigenvalue weighted by atomic mass is 10.0. The van der Waals surface area contributed by atoms with Crippen LogP contribution in [0.5, 0.6) is 0 Å². The molecule has 0 spiro atoms. The molecule has 9 atom stereocenters. The number of nitrogens with zero attached hydrogens (tertiary/aromatic N) is 4. The molecule has 11 amide bonds. The van der Waals surface area contributed by atoms with E-state index in [0.717, 1.165) is 0 Å². The van der Waals surface area contributed by atoms with Crippen LogP contribution < -0.4 is 111 Å². The first kappa shape index (κ1) is 77.8. The van der Waals surface area contributed by atoms with E-state index < -0.39 is 157 Å². The molecule has 0 unspecified atom stereocenters. The molecule has 1 heterocycles. The summed E-state index contributed by atoms with van der Waals surface area (Å²) < 4.78 is 0. The summed E-state index contributed by atoms with van der Waals surface area (Å²) in [4.78, 5) is 179. The third kappa shape index (κ3) is 30.3. The Morgan fingerprint density at radius 1 is 0.489 bits per heavy atom. The quantitative estimate of drug-likeness (QED) is 0.0127. The maximum Gasteiger partial charge on any atom is 0.305 e. The number of H-pyrrole nitrogens is 1. The smallest absolute Gasteiger partial charge is 0.305 e. The van der Waals surface area contributed by atoms with E-state index in [-0.39, 0.29) is 108 Å². The van der Waals surface area contributed by atoms with Gasteiger partial charge in [0.05, 0.1) is 32.2 Å². The van der Waals surface area contributed by atoms with Gasteiger partial charge in [0.15, 0.2) is 23.8 Å². The van der Waals surface area contributed by atoms with E-state index >= 15 is 0 Å². The molecule has 0 radical (unpaired) electrons. The second-order valence-corrected chi connectivity index (χ2v) is 20.9. The lowest BCUT2D eigenvalue weighted by Crippen LogP contribution is -2.61. The number of aromatic amines is 1. The third-order valence-electron chi connectivity index (χ3n) is 13.0. The van der Waals surface area contributed by atoms with Crippen molar-refractivity contribution >= 4 is 118 Å². The Labute approximate surface area is 533 Å². The molecule has 0 aliphatic rings. The number of para-hydroxylation sites is 1. The van der Waals surface area contributed by atoms with Crippen LogP contribution >= 0.6 is 12.6 Å². The Morgan fingerprint density at radius 3 is 1.30 bits per heavy atom. The first-order valence-electron chi connectivity index (χ1n) is 28.7. The van der Waals surface area contributed by atoms with Crippen LogP contribution in [0.1, 0.15) is 70.3 Å².